The maximum atomic E-state index is 14.8. The molecule has 6 aromatic rings. The monoisotopic (exact) mass is 423 g/mol. The Hall–Kier alpha value is -3.20. The predicted octanol–water partition coefficient (Wildman–Crippen LogP) is 7.16. The second kappa shape index (κ2) is 6.19. The highest BCUT2D eigenvalue weighted by Crippen LogP contribution is 2.42. The number of hydrogen-bond acceptors (Lipinski definition) is 0. The Morgan fingerprint density at radius 2 is 1.69 bits per heavy atom. The fraction of sp³-hybridized carbons (Fsp3) is 0.276. The van der Waals surface area contributed by atoms with Gasteiger partial charge in [-0.3, -0.25) is 0 Å². The topological polar surface area (TPSA) is 8.29 Å². The average molecular weight is 424 g/mol. The molecule has 32 heavy (non-hydrogen) atoms. The molecule has 0 spiro atoms. The Balaban J connectivity index is 1.95. The molecule has 0 atom stereocenters. The largest absolute Gasteiger partial charge is 0.307 e. The lowest BCUT2D eigenvalue weighted by Gasteiger charge is -2.18. The van der Waals surface area contributed by atoms with Crippen LogP contribution in [0.15, 0.2) is 48.7 Å². The number of aromatic nitrogens is 2. The molecule has 2 nitrogen and oxygen atoms in total. The first-order chi connectivity index (χ1) is 15.1. The molecule has 3 heterocycles. The number of nitrogens with zero attached hydrogens (tertiary/aromatic N) is 2. The van der Waals surface area contributed by atoms with Crippen molar-refractivity contribution in [3.8, 4) is 0 Å². The average Bonchev–Trinajstić information content (AvgIpc) is 3.02. The number of benzene rings is 3. The van der Waals surface area contributed by atoms with Crippen LogP contribution in [0.25, 0.3) is 49.0 Å². The standard InChI is InChI=1S/C29H28FN2/c1-16-11-22-21-12-18(15-29(3,4)5)7-8-23(21)32-24-14-20(30)13-19-9-10-31(6)28(26(19)24)25(17(16)2)27(22)32/h7-14H,15H2,1-6H3/q+1. The van der Waals surface area contributed by atoms with E-state index in [1.165, 1.54) is 43.9 Å². The minimum atomic E-state index is -0.195. The Labute approximate surface area is 187 Å². The van der Waals surface area contributed by atoms with Gasteiger partial charge in [0.2, 0.25) is 5.52 Å². The Morgan fingerprint density at radius 3 is 2.44 bits per heavy atom. The van der Waals surface area contributed by atoms with Gasteiger partial charge in [-0.1, -0.05) is 26.8 Å². The first-order valence-corrected chi connectivity index (χ1v) is 11.3. The van der Waals surface area contributed by atoms with Gasteiger partial charge in [0, 0.05) is 16.8 Å². The maximum absolute atomic E-state index is 14.8. The Morgan fingerprint density at radius 1 is 0.906 bits per heavy atom. The van der Waals surface area contributed by atoms with Gasteiger partial charge >= 0.3 is 0 Å². The molecule has 0 radical (unpaired) electrons. The van der Waals surface area contributed by atoms with Gasteiger partial charge in [-0.05, 0) is 78.1 Å². The van der Waals surface area contributed by atoms with Crippen LogP contribution in [0.5, 0.6) is 0 Å². The molecule has 0 saturated carbocycles. The molecule has 0 saturated heterocycles. The molecule has 160 valence electrons. The molecule has 0 aliphatic heterocycles. The van der Waals surface area contributed by atoms with Gasteiger partial charge < -0.3 is 4.40 Å². The third-order valence-electron chi connectivity index (χ3n) is 7.03. The first kappa shape index (κ1) is 19.5. The Kier molecular flexibility index (Phi) is 3.77. The van der Waals surface area contributed by atoms with Crippen LogP contribution in [0.1, 0.15) is 37.5 Å². The lowest BCUT2D eigenvalue weighted by atomic mass is 9.87. The number of fused-ring (bicyclic) bond motifs is 5. The number of halogens is 1. The van der Waals surface area contributed by atoms with Crippen molar-refractivity contribution in [2.24, 2.45) is 12.5 Å². The van der Waals surface area contributed by atoms with Gasteiger partial charge in [0.1, 0.15) is 12.9 Å². The van der Waals surface area contributed by atoms with Crippen molar-refractivity contribution in [1.82, 2.24) is 4.40 Å². The van der Waals surface area contributed by atoms with Crippen LogP contribution >= 0.6 is 0 Å². The van der Waals surface area contributed by atoms with Crippen molar-refractivity contribution in [3.63, 3.8) is 0 Å². The van der Waals surface area contributed by atoms with Gasteiger partial charge in [0.25, 0.3) is 0 Å². The molecule has 3 aromatic heterocycles. The van der Waals surface area contributed by atoms with Crippen molar-refractivity contribution in [1.29, 1.82) is 0 Å². The third kappa shape index (κ3) is 2.54. The van der Waals surface area contributed by atoms with E-state index in [-0.39, 0.29) is 11.2 Å². The summed E-state index contributed by atoms with van der Waals surface area (Å²) in [4.78, 5) is 0. The molecule has 3 aromatic carbocycles. The molecule has 0 aliphatic rings. The van der Waals surface area contributed by atoms with E-state index in [9.17, 15) is 4.39 Å². The molecule has 0 amide bonds. The molecule has 0 N–H and O–H groups in total. The molecule has 3 heteroatoms. The van der Waals surface area contributed by atoms with Crippen molar-refractivity contribution in [3.05, 3.63) is 71.2 Å². The van der Waals surface area contributed by atoms with Crippen LogP contribution < -0.4 is 4.57 Å². The summed E-state index contributed by atoms with van der Waals surface area (Å²) in [6, 6.07) is 14.5. The smallest absolute Gasteiger partial charge is 0.224 e. The molecule has 0 fully saturated rings. The van der Waals surface area contributed by atoms with E-state index in [4.69, 9.17) is 0 Å². The highest BCUT2D eigenvalue weighted by atomic mass is 19.1. The van der Waals surface area contributed by atoms with Crippen LogP contribution in [0.2, 0.25) is 0 Å². The van der Waals surface area contributed by atoms with Crippen molar-refractivity contribution in [2.75, 3.05) is 0 Å². The number of rotatable bonds is 1. The zero-order valence-electron chi connectivity index (χ0n) is 19.6. The molecular formula is C29H28FN2+. The van der Waals surface area contributed by atoms with Crippen LogP contribution in [-0.4, -0.2) is 4.40 Å². The first-order valence-electron chi connectivity index (χ1n) is 11.3. The maximum Gasteiger partial charge on any atom is 0.224 e. The highest BCUT2D eigenvalue weighted by molar-refractivity contribution is 6.26. The summed E-state index contributed by atoms with van der Waals surface area (Å²) in [6.07, 6.45) is 3.07. The van der Waals surface area contributed by atoms with Crippen LogP contribution in [0.3, 0.4) is 0 Å². The summed E-state index contributed by atoms with van der Waals surface area (Å²) in [5.41, 5.74) is 8.58. The second-order valence-electron chi connectivity index (χ2n) is 10.7. The van der Waals surface area contributed by atoms with E-state index < -0.39 is 0 Å². The molecule has 6 rings (SSSR count). The molecule has 0 unspecified atom stereocenters. The van der Waals surface area contributed by atoms with E-state index in [1.807, 2.05) is 12.3 Å². The van der Waals surface area contributed by atoms with E-state index in [1.54, 1.807) is 12.1 Å². The SMILES string of the molecule is Cc1cc2c3cc(CC(C)(C)C)ccc3n3c4cc(F)cc5cc[n+](C)c(c(c1C)c23)c54. The fourth-order valence-electron chi connectivity index (χ4n) is 5.64. The van der Waals surface area contributed by atoms with E-state index in [0.717, 1.165) is 28.2 Å². The van der Waals surface area contributed by atoms with Crippen molar-refractivity contribution < 1.29 is 8.96 Å². The van der Waals surface area contributed by atoms with Crippen molar-refractivity contribution in [2.45, 2.75) is 41.0 Å². The quantitative estimate of drug-likeness (QED) is 0.151. The normalized spacial score (nSPS) is 13.0. The molecule has 0 aliphatic carbocycles. The van der Waals surface area contributed by atoms with Crippen LogP contribution in [-0.2, 0) is 13.5 Å². The van der Waals surface area contributed by atoms with E-state index in [0.29, 0.717) is 0 Å². The van der Waals surface area contributed by atoms with Gasteiger partial charge in [0.15, 0.2) is 6.20 Å². The number of aryl methyl sites for hydroxylation is 3. The van der Waals surface area contributed by atoms with E-state index in [2.05, 4.69) is 74.9 Å². The third-order valence-corrected chi connectivity index (χ3v) is 7.03. The summed E-state index contributed by atoms with van der Waals surface area (Å²) >= 11 is 0. The molecule has 0 bridgehead atoms. The summed E-state index contributed by atoms with van der Waals surface area (Å²) in [5.74, 6) is -0.195. The predicted molar refractivity (Wildman–Crippen MR) is 132 cm³/mol. The van der Waals surface area contributed by atoms with Gasteiger partial charge in [0.05, 0.1) is 27.3 Å². The van der Waals surface area contributed by atoms with Crippen LogP contribution in [0, 0.1) is 25.1 Å². The van der Waals surface area contributed by atoms with Crippen molar-refractivity contribution >= 4 is 49.0 Å². The number of hydrogen-bond donors (Lipinski definition) is 0. The van der Waals surface area contributed by atoms with Crippen LogP contribution in [0.4, 0.5) is 4.39 Å². The zero-order valence-corrected chi connectivity index (χ0v) is 19.6. The van der Waals surface area contributed by atoms with Gasteiger partial charge in [-0.2, -0.15) is 0 Å². The number of pyridine rings is 2. The molecular weight excluding hydrogens is 395 g/mol. The summed E-state index contributed by atoms with van der Waals surface area (Å²) in [5, 5.41) is 5.83. The minimum absolute atomic E-state index is 0.195. The summed E-state index contributed by atoms with van der Waals surface area (Å²) in [7, 11) is 2.09. The van der Waals surface area contributed by atoms with Gasteiger partial charge in [-0.25, -0.2) is 8.96 Å². The van der Waals surface area contributed by atoms with E-state index >= 15 is 0 Å². The minimum Gasteiger partial charge on any atom is -0.307 e. The lowest BCUT2D eigenvalue weighted by Crippen LogP contribution is -2.29. The lowest BCUT2D eigenvalue weighted by molar-refractivity contribution is -0.643. The highest BCUT2D eigenvalue weighted by Gasteiger charge is 2.25. The van der Waals surface area contributed by atoms with Gasteiger partial charge in [-0.15, -0.1) is 0 Å². The Bertz CT molecular complexity index is 1710. The second-order valence-corrected chi connectivity index (χ2v) is 10.7. The fourth-order valence-corrected chi connectivity index (χ4v) is 5.64. The zero-order chi connectivity index (χ0) is 22.5. The summed E-state index contributed by atoms with van der Waals surface area (Å²) < 4.78 is 19.3. The summed E-state index contributed by atoms with van der Waals surface area (Å²) in [6.45, 7) is 11.2.